The van der Waals surface area contributed by atoms with Crippen LogP contribution in [-0.4, -0.2) is 26.0 Å². The van der Waals surface area contributed by atoms with Crippen molar-refractivity contribution in [3.05, 3.63) is 70.0 Å². The Morgan fingerprint density at radius 3 is 2.86 bits per heavy atom. The van der Waals surface area contributed by atoms with Gasteiger partial charge in [-0.25, -0.2) is 9.78 Å². The Kier molecular flexibility index (Phi) is 3.19. The predicted octanol–water partition coefficient (Wildman–Crippen LogP) is 1.61. The molecular weight excluding hydrogens is 270 g/mol. The zero-order valence-corrected chi connectivity index (χ0v) is 10.9. The quantitative estimate of drug-likeness (QED) is 0.760. The van der Waals surface area contributed by atoms with Gasteiger partial charge in [-0.2, -0.15) is 0 Å². The lowest BCUT2D eigenvalue weighted by Crippen LogP contribution is -2.13. The fraction of sp³-hybridized carbons (Fsp3) is 0.0667. The molecule has 0 saturated carbocycles. The van der Waals surface area contributed by atoms with Crippen LogP contribution < -0.4 is 5.56 Å². The second-order valence-corrected chi connectivity index (χ2v) is 4.59. The third-order valence-corrected chi connectivity index (χ3v) is 3.10. The number of carbonyl (C=O) groups is 1. The highest BCUT2D eigenvalue weighted by atomic mass is 16.4. The first-order valence-corrected chi connectivity index (χ1v) is 6.28. The van der Waals surface area contributed by atoms with E-state index in [1.54, 1.807) is 18.5 Å². The molecule has 0 radical (unpaired) electrons. The number of rotatable bonds is 3. The van der Waals surface area contributed by atoms with Crippen LogP contribution in [0.5, 0.6) is 0 Å². The summed E-state index contributed by atoms with van der Waals surface area (Å²) in [5.74, 6) is -0.573. The van der Waals surface area contributed by atoms with Gasteiger partial charge in [0.1, 0.15) is 5.82 Å². The third-order valence-electron chi connectivity index (χ3n) is 3.10. The molecule has 0 spiro atoms. The number of hydrogen-bond donors (Lipinski definition) is 2. The highest BCUT2D eigenvalue weighted by Crippen LogP contribution is 2.12. The molecule has 3 rings (SSSR count). The summed E-state index contributed by atoms with van der Waals surface area (Å²) in [4.78, 5) is 34.0. The van der Waals surface area contributed by atoms with Crippen molar-refractivity contribution in [1.29, 1.82) is 0 Å². The van der Waals surface area contributed by atoms with Crippen LogP contribution in [0.1, 0.15) is 21.7 Å². The van der Waals surface area contributed by atoms with Crippen molar-refractivity contribution >= 4 is 16.9 Å². The molecule has 6 nitrogen and oxygen atoms in total. The molecule has 2 aromatic heterocycles. The first-order chi connectivity index (χ1) is 10.1. The fourth-order valence-electron chi connectivity index (χ4n) is 2.10. The third kappa shape index (κ3) is 2.64. The van der Waals surface area contributed by atoms with Crippen LogP contribution in [0.15, 0.2) is 47.5 Å². The molecule has 1 aromatic carbocycles. The van der Waals surface area contributed by atoms with Crippen LogP contribution in [0.4, 0.5) is 0 Å². The Labute approximate surface area is 119 Å². The maximum Gasteiger partial charge on any atom is 0.335 e. The van der Waals surface area contributed by atoms with Crippen LogP contribution in [0, 0.1) is 0 Å². The minimum atomic E-state index is -1.05. The van der Waals surface area contributed by atoms with Gasteiger partial charge in [0.25, 0.3) is 5.56 Å². The highest BCUT2D eigenvalue weighted by molar-refractivity contribution is 5.92. The largest absolute Gasteiger partial charge is 0.478 e. The topological polar surface area (TPSA) is 95.9 Å². The van der Waals surface area contributed by atoms with E-state index < -0.39 is 5.97 Å². The lowest BCUT2D eigenvalue weighted by Gasteiger charge is -2.04. The molecule has 0 aliphatic rings. The van der Waals surface area contributed by atoms with Gasteiger partial charge in [0, 0.05) is 18.8 Å². The summed E-state index contributed by atoms with van der Waals surface area (Å²) in [5, 5.41) is 9.37. The number of carboxylic acid groups (broad SMARTS) is 1. The van der Waals surface area contributed by atoms with E-state index in [1.165, 1.54) is 18.2 Å². The Hall–Kier alpha value is -3.02. The zero-order valence-electron chi connectivity index (χ0n) is 10.9. The van der Waals surface area contributed by atoms with Gasteiger partial charge in [0.2, 0.25) is 0 Å². The zero-order chi connectivity index (χ0) is 14.8. The van der Waals surface area contributed by atoms with E-state index in [0.717, 1.165) is 5.56 Å². The van der Waals surface area contributed by atoms with Crippen LogP contribution in [0.2, 0.25) is 0 Å². The highest BCUT2D eigenvalue weighted by Gasteiger charge is 2.08. The van der Waals surface area contributed by atoms with Gasteiger partial charge in [0.15, 0.2) is 0 Å². The number of nitrogens with one attached hydrogen (secondary N) is 1. The van der Waals surface area contributed by atoms with Crippen molar-refractivity contribution in [2.75, 3.05) is 0 Å². The molecule has 2 N–H and O–H groups in total. The van der Waals surface area contributed by atoms with Crippen LogP contribution >= 0.6 is 0 Å². The Balaban J connectivity index is 2.08. The Bertz CT molecular complexity index is 872. The van der Waals surface area contributed by atoms with Gasteiger partial charge in [-0.05, 0) is 29.8 Å². The monoisotopic (exact) mass is 281 g/mol. The Morgan fingerprint density at radius 2 is 2.14 bits per heavy atom. The number of fused-ring (bicyclic) bond motifs is 1. The first-order valence-electron chi connectivity index (χ1n) is 6.28. The van der Waals surface area contributed by atoms with Gasteiger partial charge in [-0.1, -0.05) is 6.07 Å². The number of H-pyrrole nitrogens is 1. The van der Waals surface area contributed by atoms with Crippen LogP contribution in [-0.2, 0) is 6.42 Å². The summed E-state index contributed by atoms with van der Waals surface area (Å²) in [6, 6.07) is 7.95. The van der Waals surface area contributed by atoms with E-state index in [1.807, 2.05) is 6.07 Å². The lowest BCUT2D eigenvalue weighted by atomic mass is 10.1. The predicted molar refractivity (Wildman–Crippen MR) is 76.4 cm³/mol. The molecule has 6 heteroatoms. The summed E-state index contributed by atoms with van der Waals surface area (Å²) in [5.41, 5.74) is 1.11. The molecule has 21 heavy (non-hydrogen) atoms. The minimum Gasteiger partial charge on any atom is -0.478 e. The number of nitrogens with zero attached hydrogens (tertiary/aromatic N) is 2. The fourth-order valence-corrected chi connectivity index (χ4v) is 2.10. The molecule has 0 bridgehead atoms. The smallest absolute Gasteiger partial charge is 0.335 e. The molecule has 0 amide bonds. The number of aromatic carboxylic acids is 1. The van der Waals surface area contributed by atoms with Crippen molar-refractivity contribution < 1.29 is 9.90 Å². The second-order valence-electron chi connectivity index (χ2n) is 4.59. The standard InChI is InChI=1S/C15H11N3O3/c19-14-11-4-3-10(15(20)21)7-12(11)17-13(18-14)6-9-2-1-5-16-8-9/h1-5,7-8H,6H2,(H,20,21)(H,17,18,19). The summed E-state index contributed by atoms with van der Waals surface area (Å²) in [7, 11) is 0. The van der Waals surface area contributed by atoms with Crippen molar-refractivity contribution in [3.8, 4) is 0 Å². The van der Waals surface area contributed by atoms with E-state index in [2.05, 4.69) is 15.0 Å². The SMILES string of the molecule is O=C(O)c1ccc2c(=O)[nH]c(Cc3cccnc3)nc2c1. The summed E-state index contributed by atoms with van der Waals surface area (Å²) < 4.78 is 0. The van der Waals surface area contributed by atoms with E-state index >= 15 is 0 Å². The first kappa shape index (κ1) is 13.0. The van der Waals surface area contributed by atoms with Gasteiger partial charge >= 0.3 is 5.97 Å². The number of benzene rings is 1. The molecule has 0 aliphatic carbocycles. The molecule has 104 valence electrons. The minimum absolute atomic E-state index is 0.105. The van der Waals surface area contributed by atoms with E-state index in [4.69, 9.17) is 5.11 Å². The molecule has 3 aromatic rings. The van der Waals surface area contributed by atoms with Gasteiger partial charge in [0.05, 0.1) is 16.5 Å². The number of hydrogen-bond acceptors (Lipinski definition) is 4. The van der Waals surface area contributed by atoms with Crippen molar-refractivity contribution in [3.63, 3.8) is 0 Å². The molecular formula is C15H11N3O3. The maximum atomic E-state index is 12.0. The van der Waals surface area contributed by atoms with E-state index in [9.17, 15) is 9.59 Å². The number of aromatic nitrogens is 3. The average molecular weight is 281 g/mol. The van der Waals surface area contributed by atoms with Crippen LogP contribution in [0.3, 0.4) is 0 Å². The average Bonchev–Trinajstić information content (AvgIpc) is 2.47. The molecule has 0 fully saturated rings. The van der Waals surface area contributed by atoms with Crippen molar-refractivity contribution in [2.24, 2.45) is 0 Å². The van der Waals surface area contributed by atoms with Crippen molar-refractivity contribution in [2.45, 2.75) is 6.42 Å². The van der Waals surface area contributed by atoms with E-state index in [-0.39, 0.29) is 11.1 Å². The normalized spacial score (nSPS) is 10.7. The maximum absolute atomic E-state index is 12.0. The summed E-state index contributed by atoms with van der Waals surface area (Å²) >= 11 is 0. The van der Waals surface area contributed by atoms with Gasteiger partial charge < -0.3 is 10.1 Å². The molecule has 0 aliphatic heterocycles. The molecule has 0 atom stereocenters. The Morgan fingerprint density at radius 1 is 1.29 bits per heavy atom. The number of carboxylic acids is 1. The van der Waals surface area contributed by atoms with Gasteiger partial charge in [-0.15, -0.1) is 0 Å². The molecule has 0 unspecified atom stereocenters. The number of pyridine rings is 1. The van der Waals surface area contributed by atoms with Gasteiger partial charge in [-0.3, -0.25) is 9.78 Å². The molecule has 0 saturated heterocycles. The van der Waals surface area contributed by atoms with Crippen molar-refractivity contribution in [1.82, 2.24) is 15.0 Å². The second kappa shape index (κ2) is 5.16. The van der Waals surface area contributed by atoms with Crippen LogP contribution in [0.25, 0.3) is 10.9 Å². The lowest BCUT2D eigenvalue weighted by molar-refractivity contribution is 0.0697. The molecule has 2 heterocycles. The van der Waals surface area contributed by atoms with E-state index in [0.29, 0.717) is 23.1 Å². The summed E-state index contributed by atoms with van der Waals surface area (Å²) in [6.07, 6.45) is 3.79. The number of aromatic amines is 1. The summed E-state index contributed by atoms with van der Waals surface area (Å²) in [6.45, 7) is 0.